The van der Waals surface area contributed by atoms with Crippen molar-refractivity contribution in [2.24, 2.45) is 5.92 Å². The maximum atomic E-state index is 11.8. The number of nitrogens with zero attached hydrogens (tertiary/aromatic N) is 2. The van der Waals surface area contributed by atoms with Gasteiger partial charge in [-0.25, -0.2) is 23.1 Å². The summed E-state index contributed by atoms with van der Waals surface area (Å²) in [5.74, 6) is 0.529. The quantitative estimate of drug-likeness (QED) is 0.782. The van der Waals surface area contributed by atoms with Crippen LogP contribution in [0.25, 0.3) is 0 Å². The third-order valence-electron chi connectivity index (χ3n) is 2.71. The molecule has 0 saturated heterocycles. The van der Waals surface area contributed by atoms with E-state index in [2.05, 4.69) is 14.7 Å². The lowest BCUT2D eigenvalue weighted by atomic mass is 10.3. The normalized spacial score (nSPS) is 24.3. The largest absolute Gasteiger partial charge is 0.368 e. The minimum Gasteiger partial charge on any atom is -0.368 e. The maximum absolute atomic E-state index is 11.8. The van der Waals surface area contributed by atoms with Crippen molar-refractivity contribution >= 4 is 16.0 Å². The predicted molar refractivity (Wildman–Crippen MR) is 59.0 cm³/mol. The van der Waals surface area contributed by atoms with E-state index in [9.17, 15) is 8.42 Å². The number of hydrogen-bond donors (Lipinski definition) is 2. The van der Waals surface area contributed by atoms with E-state index in [1.165, 1.54) is 12.4 Å². The zero-order valence-electron chi connectivity index (χ0n) is 8.92. The lowest BCUT2D eigenvalue weighted by Crippen LogP contribution is -2.27. The zero-order valence-corrected chi connectivity index (χ0v) is 9.74. The molecule has 0 aliphatic heterocycles. The third-order valence-corrected chi connectivity index (χ3v) is 4.16. The standard InChI is InChI=1S/C9H14N4O2S/c1-2-6-3-8(6)13-16(14,15)7-4-11-9(10)12-5-7/h4-6,8,13H,2-3H2,1H3,(H2,10,11,12). The van der Waals surface area contributed by atoms with E-state index in [1.807, 2.05) is 6.92 Å². The Bertz CT molecular complexity index is 471. The summed E-state index contributed by atoms with van der Waals surface area (Å²) in [6.45, 7) is 2.05. The summed E-state index contributed by atoms with van der Waals surface area (Å²) in [6.07, 6.45) is 4.33. The van der Waals surface area contributed by atoms with Crippen LogP contribution in [-0.2, 0) is 10.0 Å². The Morgan fingerprint density at radius 2 is 2.12 bits per heavy atom. The molecule has 1 saturated carbocycles. The third kappa shape index (κ3) is 2.30. The van der Waals surface area contributed by atoms with Crippen LogP contribution in [0.1, 0.15) is 19.8 Å². The summed E-state index contributed by atoms with van der Waals surface area (Å²) >= 11 is 0. The summed E-state index contributed by atoms with van der Waals surface area (Å²) < 4.78 is 26.3. The molecule has 1 aromatic rings. The first kappa shape index (κ1) is 11.3. The first-order chi connectivity index (χ1) is 7.53. The first-order valence-corrected chi connectivity index (χ1v) is 6.61. The fraction of sp³-hybridized carbons (Fsp3) is 0.556. The highest BCUT2D eigenvalue weighted by Crippen LogP contribution is 2.34. The van der Waals surface area contributed by atoms with Crippen molar-refractivity contribution in [1.82, 2.24) is 14.7 Å². The van der Waals surface area contributed by atoms with Gasteiger partial charge < -0.3 is 5.73 Å². The lowest BCUT2D eigenvalue weighted by molar-refractivity contribution is 0.575. The van der Waals surface area contributed by atoms with Crippen molar-refractivity contribution in [2.45, 2.75) is 30.7 Å². The zero-order chi connectivity index (χ0) is 11.8. The van der Waals surface area contributed by atoms with Crippen molar-refractivity contribution < 1.29 is 8.42 Å². The SMILES string of the molecule is CCC1CC1NS(=O)(=O)c1cnc(N)nc1. The van der Waals surface area contributed by atoms with Crippen LogP contribution < -0.4 is 10.5 Å². The highest BCUT2D eigenvalue weighted by atomic mass is 32.2. The van der Waals surface area contributed by atoms with Crippen molar-refractivity contribution in [3.63, 3.8) is 0 Å². The lowest BCUT2D eigenvalue weighted by Gasteiger charge is -2.05. The van der Waals surface area contributed by atoms with Gasteiger partial charge in [-0.15, -0.1) is 0 Å². The van der Waals surface area contributed by atoms with Gasteiger partial charge >= 0.3 is 0 Å². The maximum Gasteiger partial charge on any atom is 0.243 e. The molecular weight excluding hydrogens is 228 g/mol. The van der Waals surface area contributed by atoms with Gasteiger partial charge in [0.15, 0.2) is 0 Å². The van der Waals surface area contributed by atoms with Crippen LogP contribution >= 0.6 is 0 Å². The van der Waals surface area contributed by atoms with E-state index in [0.717, 1.165) is 12.8 Å². The Kier molecular flexibility index (Phi) is 2.81. The van der Waals surface area contributed by atoms with Crippen LogP contribution in [0.15, 0.2) is 17.3 Å². The average molecular weight is 242 g/mol. The molecule has 2 unspecified atom stereocenters. The molecule has 0 amide bonds. The minimum atomic E-state index is -3.49. The van der Waals surface area contributed by atoms with Crippen LogP contribution in [0, 0.1) is 5.92 Å². The van der Waals surface area contributed by atoms with Crippen LogP contribution in [0.4, 0.5) is 5.95 Å². The molecule has 0 radical (unpaired) electrons. The van der Waals surface area contributed by atoms with E-state index in [-0.39, 0.29) is 16.9 Å². The molecule has 0 spiro atoms. The molecule has 1 heterocycles. The van der Waals surface area contributed by atoms with Gasteiger partial charge in [-0.2, -0.15) is 0 Å². The van der Waals surface area contributed by atoms with Crippen molar-refractivity contribution in [3.05, 3.63) is 12.4 Å². The van der Waals surface area contributed by atoms with Crippen LogP contribution in [0.5, 0.6) is 0 Å². The molecule has 3 N–H and O–H groups in total. The molecule has 6 nitrogen and oxygen atoms in total. The Balaban J connectivity index is 2.10. The van der Waals surface area contributed by atoms with Crippen molar-refractivity contribution in [3.8, 4) is 0 Å². The second-order valence-corrected chi connectivity index (χ2v) is 5.62. The van der Waals surface area contributed by atoms with Gasteiger partial charge in [-0.1, -0.05) is 13.3 Å². The van der Waals surface area contributed by atoms with Gasteiger partial charge in [-0.3, -0.25) is 0 Å². The number of nitrogens with two attached hydrogens (primary N) is 1. The number of nitrogen functional groups attached to an aromatic ring is 1. The first-order valence-electron chi connectivity index (χ1n) is 5.13. The second-order valence-electron chi connectivity index (χ2n) is 3.91. The predicted octanol–water partition coefficient (Wildman–Crippen LogP) is 0.136. The average Bonchev–Trinajstić information content (AvgIpc) is 2.96. The number of sulfonamides is 1. The number of nitrogens with one attached hydrogen (secondary N) is 1. The molecule has 1 fully saturated rings. The molecule has 1 aliphatic rings. The summed E-state index contributed by atoms with van der Waals surface area (Å²) in [4.78, 5) is 7.38. The molecule has 0 bridgehead atoms. The smallest absolute Gasteiger partial charge is 0.243 e. The summed E-state index contributed by atoms with van der Waals surface area (Å²) in [6, 6.07) is 0.0625. The molecule has 1 aliphatic carbocycles. The van der Waals surface area contributed by atoms with Gasteiger partial charge in [-0.05, 0) is 12.3 Å². The van der Waals surface area contributed by atoms with Gasteiger partial charge in [0.2, 0.25) is 16.0 Å². The van der Waals surface area contributed by atoms with Crippen LogP contribution in [-0.4, -0.2) is 24.4 Å². The molecule has 7 heteroatoms. The fourth-order valence-electron chi connectivity index (χ4n) is 1.58. The molecule has 2 rings (SSSR count). The number of anilines is 1. The molecule has 1 aromatic heterocycles. The van der Waals surface area contributed by atoms with Crippen molar-refractivity contribution in [2.75, 3.05) is 5.73 Å². The molecule has 16 heavy (non-hydrogen) atoms. The van der Waals surface area contributed by atoms with E-state index in [1.54, 1.807) is 0 Å². The number of hydrogen-bond acceptors (Lipinski definition) is 5. The second kappa shape index (κ2) is 3.99. The van der Waals surface area contributed by atoms with E-state index in [0.29, 0.717) is 5.92 Å². The number of aromatic nitrogens is 2. The van der Waals surface area contributed by atoms with E-state index >= 15 is 0 Å². The van der Waals surface area contributed by atoms with Gasteiger partial charge in [0.05, 0.1) is 12.4 Å². The summed E-state index contributed by atoms with van der Waals surface area (Å²) in [5, 5.41) is 0. The van der Waals surface area contributed by atoms with Crippen LogP contribution in [0.3, 0.4) is 0 Å². The highest BCUT2D eigenvalue weighted by Gasteiger charge is 2.38. The molecule has 2 atom stereocenters. The van der Waals surface area contributed by atoms with Gasteiger partial charge in [0.1, 0.15) is 4.90 Å². The van der Waals surface area contributed by atoms with Crippen molar-refractivity contribution in [1.29, 1.82) is 0 Å². The molecule has 88 valence electrons. The van der Waals surface area contributed by atoms with Crippen LogP contribution in [0.2, 0.25) is 0 Å². The summed E-state index contributed by atoms with van der Waals surface area (Å²) in [7, 11) is -3.49. The van der Waals surface area contributed by atoms with E-state index in [4.69, 9.17) is 5.73 Å². The summed E-state index contributed by atoms with van der Waals surface area (Å²) in [5.41, 5.74) is 5.29. The Morgan fingerprint density at radius 3 is 2.62 bits per heavy atom. The minimum absolute atomic E-state index is 0.0588. The van der Waals surface area contributed by atoms with E-state index < -0.39 is 10.0 Å². The number of rotatable bonds is 4. The molecular formula is C9H14N4O2S. The highest BCUT2D eigenvalue weighted by molar-refractivity contribution is 7.89. The Morgan fingerprint density at radius 1 is 1.50 bits per heavy atom. The Labute approximate surface area is 94.3 Å². The monoisotopic (exact) mass is 242 g/mol. The Hall–Kier alpha value is -1.21. The van der Waals surface area contributed by atoms with Gasteiger partial charge in [0.25, 0.3) is 0 Å². The molecule has 0 aromatic carbocycles. The fourth-order valence-corrected chi connectivity index (χ4v) is 2.78. The topological polar surface area (TPSA) is 98.0 Å². The van der Waals surface area contributed by atoms with Gasteiger partial charge in [0, 0.05) is 6.04 Å².